The van der Waals surface area contributed by atoms with Gasteiger partial charge in [0.25, 0.3) is 0 Å². The van der Waals surface area contributed by atoms with Crippen LogP contribution in [-0.2, 0) is 21.4 Å². The van der Waals surface area contributed by atoms with E-state index in [4.69, 9.17) is 4.74 Å². The highest BCUT2D eigenvalue weighted by atomic mass is 19.1. The fourth-order valence-corrected chi connectivity index (χ4v) is 5.13. The maximum atomic E-state index is 13.9. The van der Waals surface area contributed by atoms with Crippen molar-refractivity contribution in [3.63, 3.8) is 0 Å². The number of ether oxygens (including phenoxy) is 1. The number of methoxy groups -OCH3 is 1. The molecule has 2 aromatic carbocycles. The molecule has 1 heterocycles. The zero-order valence-corrected chi connectivity index (χ0v) is 18.6. The number of nitrogens with zero attached hydrogens (tertiary/aromatic N) is 1. The molecule has 6 heteroatoms. The predicted molar refractivity (Wildman–Crippen MR) is 121 cm³/mol. The summed E-state index contributed by atoms with van der Waals surface area (Å²) in [4.78, 5) is 28.0. The molecule has 2 aromatic rings. The van der Waals surface area contributed by atoms with E-state index in [1.807, 2.05) is 35.2 Å². The lowest BCUT2D eigenvalue weighted by Gasteiger charge is -2.35. The Morgan fingerprint density at radius 1 is 1.09 bits per heavy atom. The van der Waals surface area contributed by atoms with E-state index in [0.717, 1.165) is 55.4 Å². The Morgan fingerprint density at radius 3 is 2.50 bits per heavy atom. The van der Waals surface area contributed by atoms with Gasteiger partial charge in [-0.25, -0.2) is 4.39 Å². The zero-order chi connectivity index (χ0) is 22.6. The van der Waals surface area contributed by atoms with E-state index in [0.29, 0.717) is 19.5 Å². The normalized spacial score (nSPS) is 18.4. The molecule has 0 bridgehead atoms. The van der Waals surface area contributed by atoms with Crippen molar-refractivity contribution in [2.45, 2.75) is 56.4 Å². The minimum absolute atomic E-state index is 0.000557. The Bertz CT molecular complexity index is 963. The van der Waals surface area contributed by atoms with Gasteiger partial charge in [0.15, 0.2) is 0 Å². The van der Waals surface area contributed by atoms with Crippen LogP contribution in [-0.4, -0.2) is 43.0 Å². The average Bonchev–Trinajstić information content (AvgIpc) is 3.31. The second kappa shape index (κ2) is 9.72. The molecule has 0 spiro atoms. The second-order valence-electron chi connectivity index (χ2n) is 8.92. The molecular weight excluding hydrogens is 407 g/mol. The van der Waals surface area contributed by atoms with Crippen LogP contribution in [0.5, 0.6) is 5.75 Å². The number of hydrogen-bond donors (Lipinski definition) is 1. The Hall–Kier alpha value is -2.89. The molecule has 4 rings (SSSR count). The summed E-state index contributed by atoms with van der Waals surface area (Å²) in [5.74, 6) is 0.497. The minimum Gasteiger partial charge on any atom is -0.496 e. The minimum atomic E-state index is -0.640. The van der Waals surface area contributed by atoms with Gasteiger partial charge in [0.2, 0.25) is 11.8 Å². The summed E-state index contributed by atoms with van der Waals surface area (Å²) in [7, 11) is 1.61. The molecule has 32 heavy (non-hydrogen) atoms. The highest BCUT2D eigenvalue weighted by molar-refractivity contribution is 5.89. The van der Waals surface area contributed by atoms with Crippen LogP contribution in [0.2, 0.25) is 0 Å². The molecule has 1 aliphatic carbocycles. The Kier molecular flexibility index (Phi) is 6.77. The Morgan fingerprint density at radius 2 is 1.81 bits per heavy atom. The number of likely N-dealkylation sites (tertiary alicyclic amines) is 1. The molecule has 1 saturated heterocycles. The third-order valence-corrected chi connectivity index (χ3v) is 6.99. The summed E-state index contributed by atoms with van der Waals surface area (Å²) in [5.41, 5.74) is 1.02. The number of para-hydroxylation sites is 1. The van der Waals surface area contributed by atoms with Gasteiger partial charge in [-0.3, -0.25) is 9.59 Å². The largest absolute Gasteiger partial charge is 0.496 e. The van der Waals surface area contributed by atoms with Crippen molar-refractivity contribution < 1.29 is 18.7 Å². The summed E-state index contributed by atoms with van der Waals surface area (Å²) in [6, 6.07) is 14.1. The lowest BCUT2D eigenvalue weighted by molar-refractivity contribution is -0.132. The van der Waals surface area contributed by atoms with Crippen molar-refractivity contribution >= 4 is 11.8 Å². The predicted octanol–water partition coefficient (Wildman–Crippen LogP) is 4.00. The van der Waals surface area contributed by atoms with Crippen molar-refractivity contribution in [2.75, 3.05) is 20.2 Å². The van der Waals surface area contributed by atoms with E-state index >= 15 is 0 Å². The highest BCUT2D eigenvalue weighted by Crippen LogP contribution is 2.41. The van der Waals surface area contributed by atoms with E-state index in [2.05, 4.69) is 5.32 Å². The molecule has 170 valence electrons. The van der Waals surface area contributed by atoms with Gasteiger partial charge in [-0.1, -0.05) is 43.2 Å². The lowest BCUT2D eigenvalue weighted by Crippen LogP contribution is -2.51. The molecule has 2 aliphatic rings. The van der Waals surface area contributed by atoms with Crippen LogP contribution < -0.4 is 10.1 Å². The van der Waals surface area contributed by atoms with Crippen molar-refractivity contribution in [1.82, 2.24) is 10.2 Å². The number of carbonyl (C=O) groups excluding carboxylic acids is 2. The highest BCUT2D eigenvalue weighted by Gasteiger charge is 2.43. The number of nitrogens with one attached hydrogen (secondary N) is 1. The first-order chi connectivity index (χ1) is 15.5. The molecule has 0 atom stereocenters. The quantitative estimate of drug-likeness (QED) is 0.742. The number of rotatable bonds is 6. The van der Waals surface area contributed by atoms with Gasteiger partial charge in [0.05, 0.1) is 18.9 Å². The number of halogens is 1. The van der Waals surface area contributed by atoms with Crippen molar-refractivity contribution in [3.8, 4) is 5.75 Å². The maximum absolute atomic E-state index is 13.9. The van der Waals surface area contributed by atoms with Gasteiger partial charge in [0, 0.05) is 24.7 Å². The van der Waals surface area contributed by atoms with E-state index < -0.39 is 5.41 Å². The summed E-state index contributed by atoms with van der Waals surface area (Å²) >= 11 is 0. The van der Waals surface area contributed by atoms with Crippen LogP contribution in [0.25, 0.3) is 0 Å². The summed E-state index contributed by atoms with van der Waals surface area (Å²) in [6.07, 6.45) is 5.20. The van der Waals surface area contributed by atoms with Crippen LogP contribution in [0.3, 0.4) is 0 Å². The summed E-state index contributed by atoms with van der Waals surface area (Å²) in [6.45, 7) is 1.23. The fourth-order valence-electron chi connectivity index (χ4n) is 5.13. The Balaban J connectivity index is 1.35. The third-order valence-electron chi connectivity index (χ3n) is 6.99. The van der Waals surface area contributed by atoms with Crippen molar-refractivity contribution in [3.05, 3.63) is 65.5 Å². The van der Waals surface area contributed by atoms with Crippen LogP contribution in [0.1, 0.15) is 49.7 Å². The van der Waals surface area contributed by atoms with Gasteiger partial charge < -0.3 is 15.0 Å². The summed E-state index contributed by atoms with van der Waals surface area (Å²) in [5, 5.41) is 3.23. The maximum Gasteiger partial charge on any atom is 0.230 e. The van der Waals surface area contributed by atoms with E-state index in [-0.39, 0.29) is 23.7 Å². The van der Waals surface area contributed by atoms with Gasteiger partial charge in [-0.15, -0.1) is 0 Å². The van der Waals surface area contributed by atoms with Crippen molar-refractivity contribution in [2.24, 2.45) is 0 Å². The fraction of sp³-hybridized carbons (Fsp3) is 0.462. The van der Waals surface area contributed by atoms with Gasteiger partial charge >= 0.3 is 0 Å². The Labute approximate surface area is 188 Å². The molecule has 5 nitrogen and oxygen atoms in total. The monoisotopic (exact) mass is 438 g/mol. The molecule has 0 radical (unpaired) electrons. The van der Waals surface area contributed by atoms with E-state index in [1.165, 1.54) is 12.1 Å². The lowest BCUT2D eigenvalue weighted by atomic mass is 9.77. The standard InChI is InChI=1S/C26H31FN2O3/c1-32-23-10-3-2-7-19(23)17-24(30)29-15-11-22(12-16-29)28-25(31)26(13-4-5-14-26)20-8-6-9-21(27)18-20/h2-3,6-10,18,22H,4-5,11-17H2,1H3,(H,28,31). The summed E-state index contributed by atoms with van der Waals surface area (Å²) < 4.78 is 19.2. The zero-order valence-electron chi connectivity index (χ0n) is 18.6. The molecule has 1 N–H and O–H groups in total. The van der Waals surface area contributed by atoms with Crippen LogP contribution in [0.4, 0.5) is 4.39 Å². The van der Waals surface area contributed by atoms with Gasteiger partial charge in [0.1, 0.15) is 11.6 Å². The van der Waals surface area contributed by atoms with Gasteiger partial charge in [-0.2, -0.15) is 0 Å². The molecule has 1 aliphatic heterocycles. The SMILES string of the molecule is COc1ccccc1CC(=O)N1CCC(NC(=O)C2(c3cccc(F)c3)CCCC2)CC1. The molecule has 0 unspecified atom stereocenters. The van der Waals surface area contributed by atoms with Crippen molar-refractivity contribution in [1.29, 1.82) is 0 Å². The smallest absolute Gasteiger partial charge is 0.230 e. The van der Waals surface area contributed by atoms with E-state index in [9.17, 15) is 14.0 Å². The van der Waals surface area contributed by atoms with Crippen LogP contribution in [0.15, 0.2) is 48.5 Å². The topological polar surface area (TPSA) is 58.6 Å². The molecule has 2 amide bonds. The number of hydrogen-bond acceptors (Lipinski definition) is 3. The average molecular weight is 439 g/mol. The molecule has 2 fully saturated rings. The number of piperidine rings is 1. The number of carbonyl (C=O) groups is 2. The third kappa shape index (κ3) is 4.64. The number of benzene rings is 2. The molecule has 0 aromatic heterocycles. The van der Waals surface area contributed by atoms with E-state index in [1.54, 1.807) is 13.2 Å². The number of amides is 2. The first-order valence-electron chi connectivity index (χ1n) is 11.5. The van der Waals surface area contributed by atoms with Gasteiger partial charge in [-0.05, 0) is 49.4 Å². The molecular formula is C26H31FN2O3. The van der Waals surface area contributed by atoms with Crippen LogP contribution in [0, 0.1) is 5.82 Å². The second-order valence-corrected chi connectivity index (χ2v) is 8.92. The van der Waals surface area contributed by atoms with Crippen LogP contribution >= 0.6 is 0 Å². The first kappa shape index (κ1) is 22.3. The first-order valence-corrected chi connectivity index (χ1v) is 11.5. The molecule has 1 saturated carbocycles.